The van der Waals surface area contributed by atoms with Gasteiger partial charge in [-0.3, -0.25) is 0 Å². The minimum Gasteiger partial charge on any atom is -0.206 e. The van der Waals surface area contributed by atoms with Gasteiger partial charge in [-0.25, -0.2) is 13.1 Å². The van der Waals surface area contributed by atoms with Gasteiger partial charge >= 0.3 is 0 Å². The van der Waals surface area contributed by atoms with Crippen molar-refractivity contribution in [1.82, 2.24) is 4.72 Å². The molecule has 0 saturated heterocycles. The van der Waals surface area contributed by atoms with Crippen molar-refractivity contribution in [3.63, 3.8) is 0 Å². The molecule has 2 aromatic rings. The number of nitrogens with one attached hydrogen (secondary N) is 1. The van der Waals surface area contributed by atoms with Gasteiger partial charge in [0.2, 0.25) is 10.0 Å². The van der Waals surface area contributed by atoms with Gasteiger partial charge in [0.25, 0.3) is 0 Å². The number of hydrogen-bond donors (Lipinski definition) is 1. The van der Waals surface area contributed by atoms with Crippen molar-refractivity contribution in [3.8, 4) is 0 Å². The Morgan fingerprint density at radius 1 is 1.25 bits per heavy atom. The summed E-state index contributed by atoms with van der Waals surface area (Å²) in [5, 5.41) is 0.388. The first kappa shape index (κ1) is 16.3. The smallest absolute Gasteiger partial charge is 0.206 e. The lowest BCUT2D eigenvalue weighted by atomic mass is 10.1. The molecule has 108 valence electrons. The summed E-state index contributed by atoms with van der Waals surface area (Å²) in [5.74, 6) is 0.397. The quantitative estimate of drug-likeness (QED) is 0.737. The van der Waals surface area contributed by atoms with E-state index in [1.165, 1.54) is 6.07 Å². The van der Waals surface area contributed by atoms with Gasteiger partial charge in [-0.05, 0) is 33.1 Å². The Balaban J connectivity index is 2.12. The zero-order valence-electron chi connectivity index (χ0n) is 10.1. The van der Waals surface area contributed by atoms with Crippen LogP contribution in [0.5, 0.6) is 0 Å². The second-order valence-corrected chi connectivity index (χ2v) is 9.00. The van der Waals surface area contributed by atoms with E-state index in [1.54, 1.807) is 0 Å². The summed E-state index contributed by atoms with van der Waals surface area (Å²) in [5.41, 5.74) is 1.80. The second-order valence-electron chi connectivity index (χ2n) is 3.97. The molecule has 0 saturated carbocycles. The average molecular weight is 415 g/mol. The molecule has 1 aromatic heterocycles. The topological polar surface area (TPSA) is 46.2 Å². The van der Waals surface area contributed by atoms with Crippen molar-refractivity contribution in [2.45, 2.75) is 16.6 Å². The van der Waals surface area contributed by atoms with E-state index in [1.807, 2.05) is 24.3 Å². The Bertz CT molecular complexity index is 696. The van der Waals surface area contributed by atoms with Gasteiger partial charge in [-0.15, -0.1) is 22.9 Å². The van der Waals surface area contributed by atoms with Crippen molar-refractivity contribution in [2.24, 2.45) is 0 Å². The zero-order chi connectivity index (χ0) is 14.8. The van der Waals surface area contributed by atoms with Crippen LogP contribution in [0, 0.1) is 0 Å². The molecule has 3 nitrogen and oxygen atoms in total. The molecule has 0 fully saturated rings. The van der Waals surface area contributed by atoms with Gasteiger partial charge in [0.05, 0.1) is 8.81 Å². The van der Waals surface area contributed by atoms with Gasteiger partial charge in [0.15, 0.2) is 0 Å². The van der Waals surface area contributed by atoms with Crippen LogP contribution < -0.4 is 4.72 Å². The third-order valence-electron chi connectivity index (χ3n) is 2.50. The molecular weight excluding hydrogens is 405 g/mol. The normalized spacial score (nSPS) is 11.8. The van der Waals surface area contributed by atoms with Gasteiger partial charge in [-0.1, -0.05) is 35.9 Å². The lowest BCUT2D eigenvalue weighted by molar-refractivity contribution is 0.583. The summed E-state index contributed by atoms with van der Waals surface area (Å²) in [6.45, 7) is 0.209. The van der Waals surface area contributed by atoms with E-state index < -0.39 is 10.0 Å². The molecule has 0 spiro atoms. The van der Waals surface area contributed by atoms with E-state index in [4.69, 9.17) is 23.2 Å². The SMILES string of the molecule is O=S(=O)(NCc1cccc(CCl)c1)c1cc(Cl)c(Br)s1. The van der Waals surface area contributed by atoms with Gasteiger partial charge < -0.3 is 0 Å². The van der Waals surface area contributed by atoms with Crippen LogP contribution in [0.15, 0.2) is 38.3 Å². The molecule has 0 unspecified atom stereocenters. The van der Waals surface area contributed by atoms with Crippen LogP contribution in [0.4, 0.5) is 0 Å². The molecule has 0 atom stereocenters. The molecule has 0 amide bonds. The minimum atomic E-state index is -3.56. The van der Waals surface area contributed by atoms with Crippen molar-refractivity contribution in [3.05, 3.63) is 50.3 Å². The fourth-order valence-corrected chi connectivity index (χ4v) is 5.16. The number of alkyl halides is 1. The van der Waals surface area contributed by atoms with Crippen molar-refractivity contribution < 1.29 is 8.42 Å². The summed E-state index contributed by atoms with van der Waals surface area (Å²) in [7, 11) is -3.56. The van der Waals surface area contributed by atoms with Crippen LogP contribution >= 0.6 is 50.5 Å². The number of benzene rings is 1. The van der Waals surface area contributed by atoms with E-state index in [9.17, 15) is 8.42 Å². The Hall–Kier alpha value is -0.110. The molecule has 1 heterocycles. The third-order valence-corrected chi connectivity index (χ3v) is 7.16. The molecule has 1 aromatic carbocycles. The maximum atomic E-state index is 12.1. The third kappa shape index (κ3) is 3.96. The fourth-order valence-electron chi connectivity index (χ4n) is 1.53. The summed E-state index contributed by atoms with van der Waals surface area (Å²) < 4.78 is 27.6. The van der Waals surface area contributed by atoms with Crippen LogP contribution in [0.25, 0.3) is 0 Å². The molecule has 2 rings (SSSR count). The highest BCUT2D eigenvalue weighted by Gasteiger charge is 2.18. The van der Waals surface area contributed by atoms with Crippen molar-refractivity contribution in [1.29, 1.82) is 0 Å². The molecule has 20 heavy (non-hydrogen) atoms. The molecule has 0 aliphatic heterocycles. The first-order valence-corrected chi connectivity index (χ1v) is 9.51. The maximum absolute atomic E-state index is 12.1. The van der Waals surface area contributed by atoms with E-state index in [0.29, 0.717) is 14.7 Å². The molecule has 0 radical (unpaired) electrons. The zero-order valence-corrected chi connectivity index (χ0v) is 14.8. The molecule has 1 N–H and O–H groups in total. The highest BCUT2D eigenvalue weighted by molar-refractivity contribution is 9.11. The first-order chi connectivity index (χ1) is 9.42. The minimum absolute atomic E-state index is 0.183. The van der Waals surface area contributed by atoms with Gasteiger partial charge in [-0.2, -0.15) is 0 Å². The van der Waals surface area contributed by atoms with E-state index in [0.717, 1.165) is 22.5 Å². The Morgan fingerprint density at radius 2 is 1.95 bits per heavy atom. The van der Waals surface area contributed by atoms with E-state index >= 15 is 0 Å². The van der Waals surface area contributed by atoms with Crippen LogP contribution in [-0.2, 0) is 22.4 Å². The monoisotopic (exact) mass is 413 g/mol. The van der Waals surface area contributed by atoms with Crippen LogP contribution in [-0.4, -0.2) is 8.42 Å². The highest BCUT2D eigenvalue weighted by atomic mass is 79.9. The lowest BCUT2D eigenvalue weighted by Gasteiger charge is -2.06. The first-order valence-electron chi connectivity index (χ1n) is 5.50. The summed E-state index contributed by atoms with van der Waals surface area (Å²) in [6.07, 6.45) is 0. The standard InChI is InChI=1S/C12H10BrCl2NO2S2/c13-12-10(15)5-11(19-12)20(17,18)16-7-9-3-1-2-8(4-9)6-14/h1-5,16H,6-7H2. The second kappa shape index (κ2) is 6.77. The molecule has 0 aliphatic rings. The summed E-state index contributed by atoms with van der Waals surface area (Å²) in [4.78, 5) is 0. The van der Waals surface area contributed by atoms with Crippen molar-refractivity contribution >= 4 is 60.5 Å². The average Bonchev–Trinajstić information content (AvgIpc) is 2.78. The number of sulfonamides is 1. The Morgan fingerprint density at radius 3 is 2.55 bits per heavy atom. The number of halogens is 3. The Labute approximate surface area is 140 Å². The fraction of sp³-hybridized carbons (Fsp3) is 0.167. The predicted octanol–water partition coefficient (Wildman–Crippen LogP) is 4.38. The summed E-state index contributed by atoms with van der Waals surface area (Å²) >= 11 is 15.9. The molecular formula is C12H10BrCl2NO2S2. The van der Waals surface area contributed by atoms with E-state index in [-0.39, 0.29) is 10.8 Å². The number of rotatable bonds is 5. The largest absolute Gasteiger partial charge is 0.250 e. The Kier molecular flexibility index (Phi) is 5.50. The molecule has 0 bridgehead atoms. The van der Waals surface area contributed by atoms with Crippen LogP contribution in [0.1, 0.15) is 11.1 Å². The van der Waals surface area contributed by atoms with Crippen LogP contribution in [0.3, 0.4) is 0 Å². The van der Waals surface area contributed by atoms with Crippen molar-refractivity contribution in [2.75, 3.05) is 0 Å². The van der Waals surface area contributed by atoms with Gasteiger partial charge in [0.1, 0.15) is 4.21 Å². The lowest BCUT2D eigenvalue weighted by Crippen LogP contribution is -2.22. The highest BCUT2D eigenvalue weighted by Crippen LogP contribution is 2.34. The number of hydrogen-bond acceptors (Lipinski definition) is 3. The van der Waals surface area contributed by atoms with Crippen LogP contribution in [0.2, 0.25) is 5.02 Å². The van der Waals surface area contributed by atoms with Gasteiger partial charge in [0, 0.05) is 12.4 Å². The molecule has 0 aliphatic carbocycles. The molecule has 8 heteroatoms. The predicted molar refractivity (Wildman–Crippen MR) is 87.1 cm³/mol. The summed E-state index contributed by atoms with van der Waals surface area (Å²) in [6, 6.07) is 8.87. The number of thiophene rings is 1. The maximum Gasteiger partial charge on any atom is 0.250 e. The van der Waals surface area contributed by atoms with E-state index in [2.05, 4.69) is 20.7 Å².